The van der Waals surface area contributed by atoms with Crippen LogP contribution in [0.4, 0.5) is 9.59 Å². The van der Waals surface area contributed by atoms with Gasteiger partial charge in [0.05, 0.1) is 12.1 Å². The molecule has 2 rings (SSSR count). The number of nitrogens with one attached hydrogen (secondary N) is 1. The lowest BCUT2D eigenvalue weighted by molar-refractivity contribution is 0.0103. The number of carbonyl (C=O) groups excluding carboxylic acids is 2. The maximum Gasteiger partial charge on any atom is 0.410 e. The lowest BCUT2D eigenvalue weighted by Crippen LogP contribution is -2.57. The van der Waals surface area contributed by atoms with Crippen LogP contribution in [0.25, 0.3) is 0 Å². The van der Waals surface area contributed by atoms with Crippen molar-refractivity contribution in [1.29, 1.82) is 0 Å². The summed E-state index contributed by atoms with van der Waals surface area (Å²) in [7, 11) is 0. The lowest BCUT2D eigenvalue weighted by atomic mass is 9.96. The summed E-state index contributed by atoms with van der Waals surface area (Å²) in [6, 6.07) is 8.90. The van der Waals surface area contributed by atoms with Gasteiger partial charge >= 0.3 is 12.2 Å². The molecular formula is C20H28N2O4. The minimum atomic E-state index is -0.572. The Morgan fingerprint density at radius 1 is 1.31 bits per heavy atom. The summed E-state index contributed by atoms with van der Waals surface area (Å²) in [5.74, 6) is 0. The predicted molar refractivity (Wildman–Crippen MR) is 99.7 cm³/mol. The third kappa shape index (κ3) is 5.79. The molecule has 6 heteroatoms. The van der Waals surface area contributed by atoms with Crippen LogP contribution in [-0.2, 0) is 16.1 Å². The Morgan fingerprint density at radius 2 is 2.00 bits per heavy atom. The molecule has 0 aliphatic carbocycles. The highest BCUT2D eigenvalue weighted by molar-refractivity contribution is 5.70. The second-order valence-electron chi connectivity index (χ2n) is 7.35. The molecule has 0 aromatic heterocycles. The summed E-state index contributed by atoms with van der Waals surface area (Å²) in [5.41, 5.74) is 0.347. The van der Waals surface area contributed by atoms with Gasteiger partial charge in [-0.15, -0.1) is 6.58 Å². The molecule has 1 saturated heterocycles. The second-order valence-corrected chi connectivity index (χ2v) is 7.35. The van der Waals surface area contributed by atoms with E-state index in [1.165, 1.54) is 0 Å². The van der Waals surface area contributed by atoms with E-state index in [1.54, 1.807) is 11.0 Å². The van der Waals surface area contributed by atoms with Crippen LogP contribution in [0.15, 0.2) is 43.0 Å². The van der Waals surface area contributed by atoms with Gasteiger partial charge in [0, 0.05) is 6.54 Å². The zero-order valence-corrected chi connectivity index (χ0v) is 15.7. The second kappa shape index (κ2) is 8.74. The van der Waals surface area contributed by atoms with Crippen LogP contribution in [0.3, 0.4) is 0 Å². The highest BCUT2D eigenvalue weighted by Gasteiger charge is 2.35. The zero-order valence-electron chi connectivity index (χ0n) is 15.7. The standard InChI is InChI=1S/C20H28N2O4/c1-5-17-16(12-9-13-22(17)19(24)26-20(2,3)4)21-18(23)25-14-15-10-7-6-8-11-15/h5-8,10-11,16-17H,1,9,12-14H2,2-4H3,(H,21,23)/t16-,17+/m0/s1. The molecular weight excluding hydrogens is 332 g/mol. The number of ether oxygens (including phenoxy) is 2. The van der Waals surface area contributed by atoms with Crippen molar-refractivity contribution < 1.29 is 19.1 Å². The minimum Gasteiger partial charge on any atom is -0.445 e. The van der Waals surface area contributed by atoms with Gasteiger partial charge in [0.1, 0.15) is 12.2 Å². The third-order valence-electron chi connectivity index (χ3n) is 4.07. The van der Waals surface area contributed by atoms with Crippen LogP contribution in [0.5, 0.6) is 0 Å². The highest BCUT2D eigenvalue weighted by atomic mass is 16.6. The van der Waals surface area contributed by atoms with Gasteiger partial charge < -0.3 is 14.8 Å². The summed E-state index contributed by atoms with van der Waals surface area (Å²) in [6.45, 7) is 10.1. The van der Waals surface area contributed by atoms with Gasteiger partial charge in [0.25, 0.3) is 0 Å². The van der Waals surface area contributed by atoms with Crippen molar-refractivity contribution in [1.82, 2.24) is 10.2 Å². The van der Waals surface area contributed by atoms with Crippen LogP contribution in [0.1, 0.15) is 39.2 Å². The van der Waals surface area contributed by atoms with Crippen molar-refractivity contribution in [3.63, 3.8) is 0 Å². The first kappa shape index (κ1) is 19.8. The monoisotopic (exact) mass is 360 g/mol. The van der Waals surface area contributed by atoms with Crippen molar-refractivity contribution in [3.8, 4) is 0 Å². The fourth-order valence-corrected chi connectivity index (χ4v) is 2.92. The summed E-state index contributed by atoms with van der Waals surface area (Å²) in [6.07, 6.45) is 2.29. The number of carbonyl (C=O) groups is 2. The van der Waals surface area contributed by atoms with Gasteiger partial charge in [0.15, 0.2) is 0 Å². The van der Waals surface area contributed by atoms with E-state index in [0.29, 0.717) is 6.54 Å². The molecule has 2 amide bonds. The summed E-state index contributed by atoms with van der Waals surface area (Å²) < 4.78 is 10.7. The molecule has 1 aliphatic heterocycles. The van der Waals surface area contributed by atoms with E-state index in [1.807, 2.05) is 51.1 Å². The molecule has 1 aliphatic rings. The first-order chi connectivity index (χ1) is 12.3. The molecule has 0 unspecified atom stereocenters. The Labute approximate surface area is 155 Å². The summed E-state index contributed by atoms with van der Waals surface area (Å²) in [4.78, 5) is 26.2. The Hall–Kier alpha value is -2.50. The van der Waals surface area contributed by atoms with E-state index < -0.39 is 17.8 Å². The highest BCUT2D eigenvalue weighted by Crippen LogP contribution is 2.22. The normalized spacial score (nSPS) is 20.2. The minimum absolute atomic E-state index is 0.202. The van der Waals surface area contributed by atoms with Gasteiger partial charge in [0.2, 0.25) is 0 Å². The Morgan fingerprint density at radius 3 is 2.62 bits per heavy atom. The van der Waals surface area contributed by atoms with Gasteiger partial charge in [-0.05, 0) is 39.2 Å². The van der Waals surface area contributed by atoms with E-state index in [9.17, 15) is 9.59 Å². The van der Waals surface area contributed by atoms with Crippen molar-refractivity contribution >= 4 is 12.2 Å². The SMILES string of the molecule is C=C[C@@H]1[C@@H](NC(=O)OCc2ccccc2)CCCN1C(=O)OC(C)(C)C. The predicted octanol–water partition coefficient (Wildman–Crippen LogP) is 3.87. The molecule has 0 saturated carbocycles. The van der Waals surface area contributed by atoms with Crippen LogP contribution in [0.2, 0.25) is 0 Å². The average molecular weight is 360 g/mol. The van der Waals surface area contributed by atoms with E-state index in [2.05, 4.69) is 11.9 Å². The molecule has 1 aromatic carbocycles. The molecule has 0 radical (unpaired) electrons. The number of hydrogen-bond donors (Lipinski definition) is 1. The van der Waals surface area contributed by atoms with Crippen LogP contribution >= 0.6 is 0 Å². The lowest BCUT2D eigenvalue weighted by Gasteiger charge is -2.40. The van der Waals surface area contributed by atoms with Crippen molar-refractivity contribution in [2.75, 3.05) is 6.54 Å². The molecule has 0 bridgehead atoms. The maximum absolute atomic E-state index is 12.4. The topological polar surface area (TPSA) is 67.9 Å². The number of hydrogen-bond acceptors (Lipinski definition) is 4. The fraction of sp³-hybridized carbons (Fsp3) is 0.500. The van der Waals surface area contributed by atoms with Gasteiger partial charge in [-0.3, -0.25) is 4.90 Å². The number of rotatable bonds is 4. The van der Waals surface area contributed by atoms with Crippen molar-refractivity contribution in [2.45, 2.75) is 57.9 Å². The van der Waals surface area contributed by atoms with Crippen LogP contribution < -0.4 is 5.32 Å². The summed E-state index contributed by atoms with van der Waals surface area (Å²) >= 11 is 0. The van der Waals surface area contributed by atoms with Crippen LogP contribution in [-0.4, -0.2) is 41.3 Å². The molecule has 0 spiro atoms. The van der Waals surface area contributed by atoms with E-state index >= 15 is 0 Å². The van der Waals surface area contributed by atoms with Gasteiger partial charge in [-0.25, -0.2) is 9.59 Å². The van der Waals surface area contributed by atoms with Gasteiger partial charge in [-0.1, -0.05) is 36.4 Å². The van der Waals surface area contributed by atoms with E-state index in [-0.39, 0.29) is 18.7 Å². The molecule has 1 N–H and O–H groups in total. The average Bonchev–Trinajstić information content (AvgIpc) is 2.59. The summed E-state index contributed by atoms with van der Waals surface area (Å²) in [5, 5.41) is 2.86. The first-order valence-corrected chi connectivity index (χ1v) is 8.89. The Kier molecular flexibility index (Phi) is 6.66. The third-order valence-corrected chi connectivity index (χ3v) is 4.07. The van der Waals surface area contributed by atoms with E-state index in [4.69, 9.17) is 9.47 Å². The molecule has 142 valence electrons. The van der Waals surface area contributed by atoms with Crippen molar-refractivity contribution in [2.24, 2.45) is 0 Å². The number of alkyl carbamates (subject to hydrolysis) is 1. The molecule has 1 fully saturated rings. The van der Waals surface area contributed by atoms with E-state index in [0.717, 1.165) is 18.4 Å². The van der Waals surface area contributed by atoms with Crippen LogP contribution in [0, 0.1) is 0 Å². The molecule has 1 aromatic rings. The maximum atomic E-state index is 12.4. The largest absolute Gasteiger partial charge is 0.445 e. The number of nitrogens with zero attached hydrogens (tertiary/aromatic N) is 1. The Balaban J connectivity index is 1.93. The van der Waals surface area contributed by atoms with Crippen molar-refractivity contribution in [3.05, 3.63) is 48.6 Å². The molecule has 1 heterocycles. The first-order valence-electron chi connectivity index (χ1n) is 8.89. The molecule has 6 nitrogen and oxygen atoms in total. The zero-order chi connectivity index (χ0) is 19.2. The number of amides is 2. The quantitative estimate of drug-likeness (QED) is 0.828. The Bertz CT molecular complexity index is 624. The number of likely N-dealkylation sites (tertiary alicyclic amines) is 1. The van der Waals surface area contributed by atoms with Gasteiger partial charge in [-0.2, -0.15) is 0 Å². The number of benzene rings is 1. The molecule has 26 heavy (non-hydrogen) atoms. The number of piperidine rings is 1. The fourth-order valence-electron chi connectivity index (χ4n) is 2.92. The smallest absolute Gasteiger partial charge is 0.410 e. The molecule has 2 atom stereocenters.